The molecule has 0 amide bonds. The third-order valence-electron chi connectivity index (χ3n) is 3.65. The van der Waals surface area contributed by atoms with E-state index in [1.165, 1.54) is 19.4 Å². The summed E-state index contributed by atoms with van der Waals surface area (Å²) in [6.07, 6.45) is 4.47. The van der Waals surface area contributed by atoms with Crippen molar-refractivity contribution in [2.24, 2.45) is 5.92 Å². The molecule has 1 aliphatic heterocycles. The van der Waals surface area contributed by atoms with Gasteiger partial charge in [-0.2, -0.15) is 0 Å². The van der Waals surface area contributed by atoms with Gasteiger partial charge in [0.15, 0.2) is 0 Å². The SMILES string of the molecule is CNCC1CCCN(CCn2ccccc2=O)C1. The smallest absolute Gasteiger partial charge is 0.250 e. The molecule has 0 saturated carbocycles. The van der Waals surface area contributed by atoms with Crippen LogP contribution in [0.15, 0.2) is 29.2 Å². The summed E-state index contributed by atoms with van der Waals surface area (Å²) < 4.78 is 1.79. The van der Waals surface area contributed by atoms with Crippen molar-refractivity contribution in [2.75, 3.05) is 33.2 Å². The van der Waals surface area contributed by atoms with Crippen molar-refractivity contribution in [3.63, 3.8) is 0 Å². The second kappa shape index (κ2) is 6.71. The molecule has 4 nitrogen and oxygen atoms in total. The molecular formula is C14H23N3O. The van der Waals surface area contributed by atoms with E-state index in [9.17, 15) is 4.79 Å². The number of pyridine rings is 1. The number of likely N-dealkylation sites (tertiary alicyclic amines) is 1. The fourth-order valence-corrected chi connectivity index (χ4v) is 2.70. The van der Waals surface area contributed by atoms with Crippen LogP contribution in [0, 0.1) is 5.92 Å². The molecule has 0 bridgehead atoms. The minimum absolute atomic E-state index is 0.0984. The molecule has 2 heterocycles. The fraction of sp³-hybridized carbons (Fsp3) is 0.643. The molecule has 2 rings (SSSR count). The van der Waals surface area contributed by atoms with Crippen molar-refractivity contribution in [2.45, 2.75) is 19.4 Å². The molecule has 1 aromatic rings. The number of rotatable bonds is 5. The van der Waals surface area contributed by atoms with E-state index >= 15 is 0 Å². The molecule has 1 N–H and O–H groups in total. The van der Waals surface area contributed by atoms with Gasteiger partial charge in [-0.25, -0.2) is 0 Å². The summed E-state index contributed by atoms with van der Waals surface area (Å²) in [6.45, 7) is 5.20. The van der Waals surface area contributed by atoms with Crippen LogP contribution in [0.4, 0.5) is 0 Å². The number of nitrogens with zero attached hydrogens (tertiary/aromatic N) is 2. The van der Waals surface area contributed by atoms with Gasteiger partial charge in [-0.15, -0.1) is 0 Å². The summed E-state index contributed by atoms with van der Waals surface area (Å²) in [4.78, 5) is 14.1. The second-order valence-electron chi connectivity index (χ2n) is 5.10. The maximum absolute atomic E-state index is 11.6. The van der Waals surface area contributed by atoms with E-state index in [1.54, 1.807) is 16.7 Å². The average molecular weight is 249 g/mol. The minimum atomic E-state index is 0.0984. The van der Waals surface area contributed by atoms with Crippen LogP contribution in [0.3, 0.4) is 0 Å². The summed E-state index contributed by atoms with van der Waals surface area (Å²) >= 11 is 0. The third kappa shape index (κ3) is 3.68. The van der Waals surface area contributed by atoms with Crippen molar-refractivity contribution in [1.29, 1.82) is 0 Å². The molecule has 1 atom stereocenters. The van der Waals surface area contributed by atoms with Gasteiger partial charge in [0.05, 0.1) is 0 Å². The Morgan fingerprint density at radius 2 is 2.28 bits per heavy atom. The van der Waals surface area contributed by atoms with Crippen molar-refractivity contribution >= 4 is 0 Å². The summed E-state index contributed by atoms with van der Waals surface area (Å²) in [5.74, 6) is 0.760. The molecule has 1 aromatic heterocycles. The van der Waals surface area contributed by atoms with Crippen LogP contribution in [0.2, 0.25) is 0 Å². The normalized spacial score (nSPS) is 21.1. The predicted octanol–water partition coefficient (Wildman–Crippen LogP) is 0.780. The maximum Gasteiger partial charge on any atom is 0.250 e. The lowest BCUT2D eigenvalue weighted by atomic mass is 9.98. The van der Waals surface area contributed by atoms with E-state index in [-0.39, 0.29) is 5.56 Å². The summed E-state index contributed by atoms with van der Waals surface area (Å²) in [6, 6.07) is 5.34. The highest BCUT2D eigenvalue weighted by molar-refractivity contribution is 4.93. The standard InChI is InChI=1S/C14H23N3O/c1-15-11-13-5-4-7-16(12-13)9-10-17-8-3-2-6-14(17)18/h2-3,6,8,13,15H,4-5,7,9-12H2,1H3. The largest absolute Gasteiger partial charge is 0.319 e. The van der Waals surface area contributed by atoms with Gasteiger partial charge in [0.1, 0.15) is 0 Å². The van der Waals surface area contributed by atoms with E-state index in [0.717, 1.165) is 32.1 Å². The number of hydrogen-bond acceptors (Lipinski definition) is 3. The van der Waals surface area contributed by atoms with Crippen LogP contribution in [-0.2, 0) is 6.54 Å². The molecule has 1 unspecified atom stereocenters. The third-order valence-corrected chi connectivity index (χ3v) is 3.65. The van der Waals surface area contributed by atoms with E-state index in [1.807, 2.05) is 19.3 Å². The molecule has 0 aromatic carbocycles. The maximum atomic E-state index is 11.6. The Morgan fingerprint density at radius 3 is 3.06 bits per heavy atom. The molecule has 0 spiro atoms. The molecule has 1 saturated heterocycles. The molecule has 0 radical (unpaired) electrons. The lowest BCUT2D eigenvalue weighted by Crippen LogP contribution is -2.41. The van der Waals surface area contributed by atoms with Gasteiger partial charge in [-0.3, -0.25) is 4.79 Å². The molecular weight excluding hydrogens is 226 g/mol. The van der Waals surface area contributed by atoms with Crippen molar-refractivity contribution in [3.05, 3.63) is 34.7 Å². The van der Waals surface area contributed by atoms with Gasteiger partial charge in [0.25, 0.3) is 5.56 Å². The molecule has 100 valence electrons. The van der Waals surface area contributed by atoms with E-state index < -0.39 is 0 Å². The van der Waals surface area contributed by atoms with Crippen molar-refractivity contribution in [1.82, 2.24) is 14.8 Å². The quantitative estimate of drug-likeness (QED) is 0.838. The zero-order valence-corrected chi connectivity index (χ0v) is 11.1. The van der Waals surface area contributed by atoms with Gasteiger partial charge in [-0.1, -0.05) is 6.07 Å². The average Bonchev–Trinajstić information content (AvgIpc) is 2.39. The van der Waals surface area contributed by atoms with Gasteiger partial charge >= 0.3 is 0 Å². The minimum Gasteiger partial charge on any atom is -0.319 e. The van der Waals surface area contributed by atoms with Gasteiger partial charge < -0.3 is 14.8 Å². The Labute approximate surface area is 109 Å². The number of hydrogen-bond donors (Lipinski definition) is 1. The van der Waals surface area contributed by atoms with Crippen molar-refractivity contribution in [3.8, 4) is 0 Å². The van der Waals surface area contributed by atoms with Crippen LogP contribution in [0.25, 0.3) is 0 Å². The zero-order chi connectivity index (χ0) is 12.8. The van der Waals surface area contributed by atoms with Crippen LogP contribution >= 0.6 is 0 Å². The first-order valence-corrected chi connectivity index (χ1v) is 6.82. The first kappa shape index (κ1) is 13.3. The van der Waals surface area contributed by atoms with Gasteiger partial charge in [-0.05, 0) is 45.0 Å². The molecule has 1 aliphatic rings. The molecule has 0 aliphatic carbocycles. The van der Waals surface area contributed by atoms with Crippen LogP contribution in [0.1, 0.15) is 12.8 Å². The lowest BCUT2D eigenvalue weighted by molar-refractivity contribution is 0.168. The Hall–Kier alpha value is -1.13. The van der Waals surface area contributed by atoms with Crippen molar-refractivity contribution < 1.29 is 0 Å². The number of aromatic nitrogens is 1. The number of nitrogens with one attached hydrogen (secondary N) is 1. The first-order chi connectivity index (χ1) is 8.79. The number of piperidine rings is 1. The molecule has 1 fully saturated rings. The highest BCUT2D eigenvalue weighted by Gasteiger charge is 2.18. The van der Waals surface area contributed by atoms with E-state index in [4.69, 9.17) is 0 Å². The van der Waals surface area contributed by atoms with Gasteiger partial charge in [0.2, 0.25) is 0 Å². The monoisotopic (exact) mass is 249 g/mol. The second-order valence-corrected chi connectivity index (χ2v) is 5.10. The topological polar surface area (TPSA) is 37.3 Å². The first-order valence-electron chi connectivity index (χ1n) is 6.82. The highest BCUT2D eigenvalue weighted by atomic mass is 16.1. The molecule has 4 heteroatoms. The summed E-state index contributed by atoms with van der Waals surface area (Å²) in [7, 11) is 2.02. The summed E-state index contributed by atoms with van der Waals surface area (Å²) in [5, 5.41) is 3.26. The Kier molecular flexibility index (Phi) is 4.96. The molecule has 18 heavy (non-hydrogen) atoms. The summed E-state index contributed by atoms with van der Waals surface area (Å²) in [5.41, 5.74) is 0.0984. The van der Waals surface area contributed by atoms with E-state index in [2.05, 4.69) is 10.2 Å². The van der Waals surface area contributed by atoms with Crippen LogP contribution < -0.4 is 10.9 Å². The fourth-order valence-electron chi connectivity index (χ4n) is 2.70. The Morgan fingerprint density at radius 1 is 1.39 bits per heavy atom. The van der Waals surface area contributed by atoms with Crippen LogP contribution in [-0.4, -0.2) is 42.7 Å². The van der Waals surface area contributed by atoms with Crippen LogP contribution in [0.5, 0.6) is 0 Å². The van der Waals surface area contributed by atoms with E-state index in [0.29, 0.717) is 0 Å². The van der Waals surface area contributed by atoms with Gasteiger partial charge in [0, 0.05) is 31.9 Å². The lowest BCUT2D eigenvalue weighted by Gasteiger charge is -2.32. The Balaban J connectivity index is 1.83. The Bertz CT molecular complexity index is 414. The predicted molar refractivity (Wildman–Crippen MR) is 73.8 cm³/mol. The highest BCUT2D eigenvalue weighted by Crippen LogP contribution is 2.15. The zero-order valence-electron chi connectivity index (χ0n) is 11.1.